The summed E-state index contributed by atoms with van der Waals surface area (Å²) in [5, 5.41) is 4.43. The SMILES string of the molecule is CSOCCC1(C)CN=C(c2cc3cccc(N(C)Sc4cccs4)c3[nH]2)S1. The molecule has 0 aliphatic carbocycles. The van der Waals surface area contributed by atoms with Gasteiger partial charge in [-0.25, -0.2) is 0 Å². The summed E-state index contributed by atoms with van der Waals surface area (Å²) in [5.41, 5.74) is 3.45. The van der Waals surface area contributed by atoms with Crippen LogP contribution in [0.4, 0.5) is 5.69 Å². The second-order valence-electron chi connectivity index (χ2n) is 6.86. The molecule has 1 N–H and O–H groups in total. The second-order valence-corrected chi connectivity index (χ2v) is 11.4. The van der Waals surface area contributed by atoms with Crippen molar-refractivity contribution in [2.24, 2.45) is 4.99 Å². The van der Waals surface area contributed by atoms with Gasteiger partial charge in [0.25, 0.3) is 0 Å². The van der Waals surface area contributed by atoms with Crippen molar-refractivity contribution in [1.29, 1.82) is 0 Å². The summed E-state index contributed by atoms with van der Waals surface area (Å²) in [6, 6.07) is 12.9. The largest absolute Gasteiger partial charge is 0.351 e. The van der Waals surface area contributed by atoms with Gasteiger partial charge >= 0.3 is 0 Å². The number of aromatic amines is 1. The van der Waals surface area contributed by atoms with Gasteiger partial charge in [-0.05, 0) is 60.9 Å². The van der Waals surface area contributed by atoms with Gasteiger partial charge in [0.15, 0.2) is 0 Å². The van der Waals surface area contributed by atoms with Crippen LogP contribution in [0.2, 0.25) is 0 Å². The van der Waals surface area contributed by atoms with E-state index < -0.39 is 0 Å². The molecule has 0 spiro atoms. The van der Waals surface area contributed by atoms with E-state index in [1.54, 1.807) is 23.3 Å². The minimum absolute atomic E-state index is 0.108. The van der Waals surface area contributed by atoms with Gasteiger partial charge < -0.3 is 13.5 Å². The van der Waals surface area contributed by atoms with Gasteiger partial charge in [0.2, 0.25) is 0 Å². The number of thioether (sulfide) groups is 1. The molecule has 8 heteroatoms. The van der Waals surface area contributed by atoms with Crippen LogP contribution in [-0.4, -0.2) is 41.2 Å². The van der Waals surface area contributed by atoms with E-state index in [0.717, 1.165) is 35.8 Å². The van der Waals surface area contributed by atoms with Gasteiger partial charge in [-0.15, -0.1) is 11.3 Å². The van der Waals surface area contributed by atoms with Crippen molar-refractivity contribution in [2.75, 3.05) is 30.8 Å². The molecule has 0 bridgehead atoms. The molecule has 28 heavy (non-hydrogen) atoms. The third-order valence-corrected chi connectivity index (χ3v) is 8.39. The number of benzene rings is 1. The Morgan fingerprint density at radius 2 is 2.21 bits per heavy atom. The highest BCUT2D eigenvalue weighted by Gasteiger charge is 2.33. The number of anilines is 1. The Hall–Kier alpha value is -1.06. The quantitative estimate of drug-likeness (QED) is 0.248. The Balaban J connectivity index is 1.54. The summed E-state index contributed by atoms with van der Waals surface area (Å²) in [6.07, 6.45) is 2.96. The minimum atomic E-state index is 0.108. The molecular formula is C20H23N3OS4. The molecule has 148 valence electrons. The van der Waals surface area contributed by atoms with Crippen molar-refractivity contribution in [1.82, 2.24) is 4.98 Å². The molecule has 3 heterocycles. The van der Waals surface area contributed by atoms with Crippen molar-refractivity contribution < 1.29 is 4.18 Å². The van der Waals surface area contributed by atoms with Crippen LogP contribution in [0.25, 0.3) is 10.9 Å². The molecule has 1 atom stereocenters. The molecular weight excluding hydrogens is 427 g/mol. The second kappa shape index (κ2) is 8.75. The zero-order valence-electron chi connectivity index (χ0n) is 16.1. The number of aromatic nitrogens is 1. The summed E-state index contributed by atoms with van der Waals surface area (Å²) >= 11 is 6.81. The molecule has 1 aliphatic heterocycles. The Labute approximate surface area is 182 Å². The van der Waals surface area contributed by atoms with Crippen LogP contribution in [-0.2, 0) is 4.18 Å². The molecule has 4 rings (SSSR count). The van der Waals surface area contributed by atoms with E-state index in [1.165, 1.54) is 27.3 Å². The third kappa shape index (κ3) is 4.41. The van der Waals surface area contributed by atoms with Crippen molar-refractivity contribution in [3.05, 3.63) is 47.5 Å². The first kappa shape index (κ1) is 20.2. The molecule has 0 amide bonds. The lowest BCUT2D eigenvalue weighted by atomic mass is 10.1. The topological polar surface area (TPSA) is 40.6 Å². The van der Waals surface area contributed by atoms with Gasteiger partial charge in [0.05, 0.1) is 34.3 Å². The fraction of sp³-hybridized carbons (Fsp3) is 0.350. The number of hydrogen-bond donors (Lipinski definition) is 1. The van der Waals surface area contributed by atoms with Gasteiger partial charge in [0.1, 0.15) is 5.04 Å². The lowest BCUT2D eigenvalue weighted by molar-refractivity contribution is 0.344. The average molecular weight is 450 g/mol. The highest BCUT2D eigenvalue weighted by Crippen LogP contribution is 2.40. The molecule has 1 aromatic carbocycles. The van der Waals surface area contributed by atoms with Crippen LogP contribution in [0.1, 0.15) is 19.0 Å². The van der Waals surface area contributed by atoms with E-state index in [-0.39, 0.29) is 4.75 Å². The minimum Gasteiger partial charge on any atom is -0.351 e. The lowest BCUT2D eigenvalue weighted by Gasteiger charge is -2.20. The number of fused-ring (bicyclic) bond motifs is 1. The molecule has 1 aliphatic rings. The number of thiophene rings is 1. The summed E-state index contributed by atoms with van der Waals surface area (Å²) in [4.78, 5) is 8.47. The van der Waals surface area contributed by atoms with Crippen molar-refractivity contribution in [3.63, 3.8) is 0 Å². The summed E-state index contributed by atoms with van der Waals surface area (Å²) < 4.78 is 9.09. The van der Waals surface area contributed by atoms with Crippen LogP contribution in [0, 0.1) is 0 Å². The van der Waals surface area contributed by atoms with E-state index in [4.69, 9.17) is 9.18 Å². The molecule has 0 radical (unpaired) electrons. The maximum Gasteiger partial charge on any atom is 0.115 e. The zero-order valence-corrected chi connectivity index (χ0v) is 19.4. The monoisotopic (exact) mass is 449 g/mol. The third-order valence-electron chi connectivity index (χ3n) is 4.66. The average Bonchev–Trinajstić information content (AvgIpc) is 3.41. The first-order valence-electron chi connectivity index (χ1n) is 9.04. The molecule has 3 aromatic rings. The number of H-pyrrole nitrogens is 1. The van der Waals surface area contributed by atoms with Crippen molar-refractivity contribution in [2.45, 2.75) is 22.3 Å². The number of para-hydroxylation sites is 1. The number of hydrogen-bond acceptors (Lipinski definition) is 7. The first-order valence-corrected chi connectivity index (χ1v) is 12.7. The molecule has 0 saturated heterocycles. The van der Waals surface area contributed by atoms with Gasteiger partial charge in [-0.2, -0.15) is 0 Å². The van der Waals surface area contributed by atoms with E-state index in [2.05, 4.69) is 65.0 Å². The Bertz CT molecular complexity index is 969. The van der Waals surface area contributed by atoms with Crippen LogP contribution < -0.4 is 4.31 Å². The Morgan fingerprint density at radius 1 is 1.32 bits per heavy atom. The number of rotatable bonds is 8. The fourth-order valence-electron chi connectivity index (χ4n) is 3.17. The van der Waals surface area contributed by atoms with Crippen molar-refractivity contribution in [3.8, 4) is 0 Å². The van der Waals surface area contributed by atoms with E-state index >= 15 is 0 Å². The summed E-state index contributed by atoms with van der Waals surface area (Å²) in [6.45, 7) is 3.87. The summed E-state index contributed by atoms with van der Waals surface area (Å²) in [5.74, 6) is 0. The normalized spacial score (nSPS) is 19.3. The highest BCUT2D eigenvalue weighted by molar-refractivity contribution is 8.15. The van der Waals surface area contributed by atoms with Crippen LogP contribution >= 0.6 is 47.1 Å². The van der Waals surface area contributed by atoms with Gasteiger partial charge in [-0.3, -0.25) is 4.99 Å². The molecule has 0 saturated carbocycles. The number of nitrogens with zero attached hydrogens (tertiary/aromatic N) is 2. The van der Waals surface area contributed by atoms with Gasteiger partial charge in [0, 0.05) is 23.4 Å². The van der Waals surface area contributed by atoms with E-state index in [0.29, 0.717) is 0 Å². The highest BCUT2D eigenvalue weighted by atomic mass is 32.2. The molecule has 4 nitrogen and oxygen atoms in total. The lowest BCUT2D eigenvalue weighted by Crippen LogP contribution is -2.23. The van der Waals surface area contributed by atoms with Crippen LogP contribution in [0.5, 0.6) is 0 Å². The molecule has 2 aromatic heterocycles. The Morgan fingerprint density at radius 3 is 3.00 bits per heavy atom. The standard InChI is InChI=1S/C20H23N3OS4/c1-20(9-10-24-25-3)13-21-19(27-20)15-12-14-6-4-7-16(18(14)22-15)23(2)28-17-8-5-11-26-17/h4-8,11-12,22H,9-10,13H2,1-3H3. The number of aliphatic imine (C=N–C) groups is 1. The molecule has 1 unspecified atom stereocenters. The smallest absolute Gasteiger partial charge is 0.115 e. The van der Waals surface area contributed by atoms with Crippen LogP contribution in [0.15, 0.2) is 51.0 Å². The number of nitrogens with one attached hydrogen (secondary N) is 1. The van der Waals surface area contributed by atoms with Crippen molar-refractivity contribution >= 4 is 68.7 Å². The zero-order chi connectivity index (χ0) is 19.6. The van der Waals surface area contributed by atoms with E-state index in [9.17, 15) is 0 Å². The maximum atomic E-state index is 5.47. The van der Waals surface area contributed by atoms with Crippen LogP contribution in [0.3, 0.4) is 0 Å². The maximum absolute atomic E-state index is 5.47. The predicted octanol–water partition coefficient (Wildman–Crippen LogP) is 6.31. The van der Waals surface area contributed by atoms with Gasteiger partial charge in [-0.1, -0.05) is 30.0 Å². The predicted molar refractivity (Wildman–Crippen MR) is 128 cm³/mol. The first-order chi connectivity index (χ1) is 13.6. The fourth-order valence-corrected chi connectivity index (χ4v) is 6.33. The summed E-state index contributed by atoms with van der Waals surface area (Å²) in [7, 11) is 2.12. The Kier molecular flexibility index (Phi) is 6.32. The molecule has 0 fully saturated rings. The van der Waals surface area contributed by atoms with E-state index in [1.807, 2.05) is 18.0 Å².